The van der Waals surface area contributed by atoms with Crippen molar-refractivity contribution in [1.29, 1.82) is 0 Å². The van der Waals surface area contributed by atoms with Crippen LogP contribution in [0.1, 0.15) is 0 Å². The Bertz CT molecular complexity index is 507. The lowest BCUT2D eigenvalue weighted by atomic mass is 10.0. The fourth-order valence-corrected chi connectivity index (χ4v) is 3.32. The molecule has 2 heteroatoms. The van der Waals surface area contributed by atoms with Crippen LogP contribution in [0.3, 0.4) is 0 Å². The third-order valence-electron chi connectivity index (χ3n) is 2.66. The standard InChI is InChI=1S/C13H11OP/c1-15-13-9-5-3-7-11(13)10-6-2-4-8-12(10)14-15/h2-9H,1H3. The van der Waals surface area contributed by atoms with Crippen LogP contribution < -0.4 is 9.83 Å². The van der Waals surface area contributed by atoms with Gasteiger partial charge in [-0.2, -0.15) is 0 Å². The molecule has 74 valence electrons. The molecule has 2 aromatic carbocycles. The summed E-state index contributed by atoms with van der Waals surface area (Å²) in [5, 5.41) is 1.34. The summed E-state index contributed by atoms with van der Waals surface area (Å²) < 4.78 is 5.92. The molecule has 0 fully saturated rings. The van der Waals surface area contributed by atoms with Gasteiger partial charge in [0.25, 0.3) is 0 Å². The predicted octanol–water partition coefficient (Wildman–Crippen LogP) is 3.40. The first-order valence-electron chi connectivity index (χ1n) is 4.96. The molecular weight excluding hydrogens is 203 g/mol. The van der Waals surface area contributed by atoms with Crippen LogP contribution >= 0.6 is 8.15 Å². The molecule has 0 saturated heterocycles. The average Bonchev–Trinajstić information content (AvgIpc) is 2.30. The maximum absolute atomic E-state index is 5.92. The zero-order valence-corrected chi connectivity index (χ0v) is 9.37. The van der Waals surface area contributed by atoms with Gasteiger partial charge in [0.15, 0.2) is 0 Å². The molecule has 1 aliphatic rings. The van der Waals surface area contributed by atoms with Crippen LogP contribution in [-0.4, -0.2) is 6.66 Å². The van der Waals surface area contributed by atoms with Gasteiger partial charge in [0, 0.05) is 10.9 Å². The number of fused-ring (bicyclic) bond motifs is 3. The maximum Gasteiger partial charge on any atom is 0.131 e. The van der Waals surface area contributed by atoms with E-state index in [0.29, 0.717) is 0 Å². The van der Waals surface area contributed by atoms with Crippen molar-refractivity contribution >= 4 is 13.5 Å². The van der Waals surface area contributed by atoms with E-state index in [1.165, 1.54) is 16.4 Å². The second-order valence-electron chi connectivity index (χ2n) is 3.60. The quantitative estimate of drug-likeness (QED) is 0.611. The van der Waals surface area contributed by atoms with Gasteiger partial charge in [0.1, 0.15) is 13.9 Å². The minimum absolute atomic E-state index is 0.494. The SMILES string of the molecule is CP1Oc2ccccc2-c2ccccc21. The van der Waals surface area contributed by atoms with Crippen molar-refractivity contribution in [3.63, 3.8) is 0 Å². The normalized spacial score (nSPS) is 17.5. The minimum atomic E-state index is -0.494. The van der Waals surface area contributed by atoms with E-state index in [1.807, 2.05) is 12.1 Å². The average molecular weight is 214 g/mol. The number of hydrogen-bond acceptors (Lipinski definition) is 1. The molecule has 0 radical (unpaired) electrons. The highest BCUT2D eigenvalue weighted by molar-refractivity contribution is 7.61. The van der Waals surface area contributed by atoms with E-state index >= 15 is 0 Å². The Morgan fingerprint density at radius 1 is 0.867 bits per heavy atom. The molecule has 1 nitrogen and oxygen atoms in total. The van der Waals surface area contributed by atoms with E-state index in [0.717, 1.165) is 5.75 Å². The zero-order valence-electron chi connectivity index (χ0n) is 8.47. The lowest BCUT2D eigenvalue weighted by molar-refractivity contribution is 0.626. The Labute approximate surface area is 90.5 Å². The fourth-order valence-electron chi connectivity index (χ4n) is 1.94. The second-order valence-corrected chi connectivity index (χ2v) is 5.26. The minimum Gasteiger partial charge on any atom is -0.469 e. The van der Waals surface area contributed by atoms with Gasteiger partial charge in [0.05, 0.1) is 0 Å². The predicted molar refractivity (Wildman–Crippen MR) is 65.0 cm³/mol. The summed E-state index contributed by atoms with van der Waals surface area (Å²) in [5.41, 5.74) is 2.54. The maximum atomic E-state index is 5.92. The lowest BCUT2D eigenvalue weighted by Crippen LogP contribution is -2.12. The van der Waals surface area contributed by atoms with Crippen LogP contribution in [0, 0.1) is 0 Å². The van der Waals surface area contributed by atoms with Crippen molar-refractivity contribution in [2.24, 2.45) is 0 Å². The molecular formula is C13H11OP. The molecule has 0 saturated carbocycles. The van der Waals surface area contributed by atoms with Crippen LogP contribution in [0.5, 0.6) is 5.75 Å². The monoisotopic (exact) mass is 214 g/mol. The highest BCUT2D eigenvalue weighted by atomic mass is 31.1. The van der Waals surface area contributed by atoms with Crippen molar-refractivity contribution in [2.75, 3.05) is 6.66 Å². The van der Waals surface area contributed by atoms with Gasteiger partial charge in [0.2, 0.25) is 0 Å². The first-order valence-corrected chi connectivity index (χ1v) is 6.67. The van der Waals surface area contributed by atoms with Crippen LogP contribution in [0.2, 0.25) is 0 Å². The van der Waals surface area contributed by atoms with Crippen LogP contribution in [0.4, 0.5) is 0 Å². The molecule has 0 bridgehead atoms. The Balaban J connectivity index is 2.30. The molecule has 15 heavy (non-hydrogen) atoms. The van der Waals surface area contributed by atoms with E-state index in [9.17, 15) is 0 Å². The zero-order chi connectivity index (χ0) is 10.3. The van der Waals surface area contributed by atoms with Crippen LogP contribution in [0.25, 0.3) is 11.1 Å². The van der Waals surface area contributed by atoms with E-state index in [-0.39, 0.29) is 0 Å². The third-order valence-corrected chi connectivity index (χ3v) is 4.19. The Kier molecular flexibility index (Phi) is 2.00. The molecule has 0 aromatic heterocycles. The Hall–Kier alpha value is -1.33. The highest BCUT2D eigenvalue weighted by Crippen LogP contribution is 2.45. The summed E-state index contributed by atoms with van der Waals surface area (Å²) in [6, 6.07) is 16.8. The van der Waals surface area contributed by atoms with Gasteiger partial charge in [-0.25, -0.2) is 0 Å². The summed E-state index contributed by atoms with van der Waals surface area (Å²) >= 11 is 0. The van der Waals surface area contributed by atoms with E-state index in [2.05, 4.69) is 43.1 Å². The molecule has 1 atom stereocenters. The highest BCUT2D eigenvalue weighted by Gasteiger charge is 2.21. The first-order chi connectivity index (χ1) is 7.36. The summed E-state index contributed by atoms with van der Waals surface area (Å²) in [4.78, 5) is 0. The van der Waals surface area contributed by atoms with Crippen molar-refractivity contribution in [3.05, 3.63) is 48.5 Å². The lowest BCUT2D eigenvalue weighted by Gasteiger charge is -2.25. The van der Waals surface area contributed by atoms with Crippen molar-refractivity contribution in [2.45, 2.75) is 0 Å². The van der Waals surface area contributed by atoms with Crippen molar-refractivity contribution in [1.82, 2.24) is 0 Å². The molecule has 0 aliphatic carbocycles. The largest absolute Gasteiger partial charge is 0.469 e. The molecule has 2 aromatic rings. The van der Waals surface area contributed by atoms with Crippen LogP contribution in [-0.2, 0) is 0 Å². The molecule has 0 amide bonds. The van der Waals surface area contributed by atoms with Gasteiger partial charge in [-0.05, 0) is 18.3 Å². The second kappa shape index (κ2) is 3.36. The number of benzene rings is 2. The number of para-hydroxylation sites is 1. The number of rotatable bonds is 0. The first kappa shape index (κ1) is 8.94. The molecule has 3 rings (SSSR count). The summed E-state index contributed by atoms with van der Waals surface area (Å²) in [6.07, 6.45) is 0. The Morgan fingerprint density at radius 3 is 2.40 bits per heavy atom. The van der Waals surface area contributed by atoms with Gasteiger partial charge >= 0.3 is 0 Å². The van der Waals surface area contributed by atoms with E-state index < -0.39 is 8.15 Å². The van der Waals surface area contributed by atoms with Gasteiger partial charge in [-0.3, -0.25) is 0 Å². The number of hydrogen-bond donors (Lipinski definition) is 0. The van der Waals surface area contributed by atoms with Gasteiger partial charge in [-0.15, -0.1) is 0 Å². The summed E-state index contributed by atoms with van der Waals surface area (Å²) in [7, 11) is -0.494. The fraction of sp³-hybridized carbons (Fsp3) is 0.0769. The molecule has 1 unspecified atom stereocenters. The molecule has 1 aliphatic heterocycles. The van der Waals surface area contributed by atoms with Gasteiger partial charge < -0.3 is 4.52 Å². The van der Waals surface area contributed by atoms with Crippen molar-refractivity contribution < 1.29 is 4.52 Å². The summed E-state index contributed by atoms with van der Waals surface area (Å²) in [5.74, 6) is 1.02. The molecule has 0 N–H and O–H groups in total. The third kappa shape index (κ3) is 1.35. The van der Waals surface area contributed by atoms with Crippen molar-refractivity contribution in [3.8, 4) is 16.9 Å². The van der Waals surface area contributed by atoms with Gasteiger partial charge in [-0.1, -0.05) is 42.5 Å². The Morgan fingerprint density at radius 2 is 1.53 bits per heavy atom. The van der Waals surface area contributed by atoms with E-state index in [1.54, 1.807) is 0 Å². The molecule has 0 spiro atoms. The molecule has 1 heterocycles. The topological polar surface area (TPSA) is 9.23 Å². The van der Waals surface area contributed by atoms with Crippen LogP contribution in [0.15, 0.2) is 48.5 Å². The van der Waals surface area contributed by atoms with E-state index in [4.69, 9.17) is 4.52 Å². The smallest absolute Gasteiger partial charge is 0.131 e. The summed E-state index contributed by atoms with van der Waals surface area (Å²) in [6.45, 7) is 2.16.